The fraction of sp³-hybridized carbons (Fsp3) is 0.727. The van der Waals surface area contributed by atoms with Gasteiger partial charge in [0.1, 0.15) is 0 Å². The molecule has 7 nitrogen and oxygen atoms in total. The fourth-order valence-electron chi connectivity index (χ4n) is 6.91. The zero-order valence-corrected chi connectivity index (χ0v) is 17.5. The van der Waals surface area contributed by atoms with Gasteiger partial charge in [-0.15, -0.1) is 0 Å². The SMILES string of the molecule is C=C1CC[C@H]2[C@H](CN=[N+]=[N-])[C@@H]([C@@]3(C)Cc4cnc(N)nc4C[C@@H]3CO)CC[C@]12C. The number of aromatic nitrogens is 2. The second-order valence-electron chi connectivity index (χ2n) is 9.86. The van der Waals surface area contributed by atoms with Crippen molar-refractivity contribution < 1.29 is 5.11 Å². The summed E-state index contributed by atoms with van der Waals surface area (Å²) in [4.78, 5) is 11.8. The minimum Gasteiger partial charge on any atom is -0.396 e. The van der Waals surface area contributed by atoms with Crippen LogP contribution in [-0.4, -0.2) is 28.2 Å². The number of allylic oxidation sites excluding steroid dienone is 1. The first-order valence-corrected chi connectivity index (χ1v) is 10.7. The van der Waals surface area contributed by atoms with Gasteiger partial charge in [0.2, 0.25) is 5.95 Å². The molecule has 156 valence electrons. The highest BCUT2D eigenvalue weighted by molar-refractivity contribution is 5.30. The van der Waals surface area contributed by atoms with Crippen LogP contribution in [0.1, 0.15) is 50.8 Å². The molecule has 0 saturated heterocycles. The Hall–Kier alpha value is -2.11. The normalized spacial score (nSPS) is 38.8. The van der Waals surface area contributed by atoms with Gasteiger partial charge in [0.25, 0.3) is 0 Å². The molecule has 7 heteroatoms. The lowest BCUT2D eigenvalue weighted by molar-refractivity contribution is -0.0538. The van der Waals surface area contributed by atoms with Gasteiger partial charge in [0, 0.05) is 30.0 Å². The van der Waals surface area contributed by atoms with Gasteiger partial charge < -0.3 is 10.8 Å². The number of nitrogens with zero attached hydrogens (tertiary/aromatic N) is 5. The lowest BCUT2D eigenvalue weighted by Gasteiger charge is -2.56. The van der Waals surface area contributed by atoms with Crippen molar-refractivity contribution in [3.8, 4) is 0 Å². The van der Waals surface area contributed by atoms with E-state index in [9.17, 15) is 5.11 Å². The standard InChI is InChI=1S/C22H32N6O/c1-13-4-5-17-16(11-26-28-24)18(6-7-21(13,17)2)22(3)9-14-10-25-20(23)27-19(14)8-15(22)12-29/h10,15-18,29H,1,4-9,11-12H2,2-3H3,(H2,23,25,27)/t15-,16+,17+,18+,21-,22+/m1/s1. The van der Waals surface area contributed by atoms with Crippen LogP contribution in [0.3, 0.4) is 0 Å². The Morgan fingerprint density at radius 3 is 2.90 bits per heavy atom. The van der Waals surface area contributed by atoms with Crippen molar-refractivity contribution in [2.75, 3.05) is 18.9 Å². The number of anilines is 1. The first-order valence-electron chi connectivity index (χ1n) is 10.7. The third-order valence-corrected chi connectivity index (χ3v) is 8.73. The zero-order chi connectivity index (χ0) is 20.8. The Balaban J connectivity index is 1.73. The van der Waals surface area contributed by atoms with E-state index in [2.05, 4.69) is 40.4 Å². The molecule has 0 bridgehead atoms. The molecule has 6 atom stereocenters. The predicted molar refractivity (Wildman–Crippen MR) is 113 cm³/mol. The van der Waals surface area contributed by atoms with Gasteiger partial charge in [-0.2, -0.15) is 0 Å². The molecular weight excluding hydrogens is 364 g/mol. The van der Waals surface area contributed by atoms with Crippen molar-refractivity contribution in [1.29, 1.82) is 0 Å². The maximum atomic E-state index is 10.3. The highest BCUT2D eigenvalue weighted by atomic mass is 16.3. The van der Waals surface area contributed by atoms with Crippen LogP contribution in [0.25, 0.3) is 10.4 Å². The van der Waals surface area contributed by atoms with E-state index in [1.807, 2.05) is 6.20 Å². The predicted octanol–water partition coefficient (Wildman–Crippen LogP) is 4.08. The summed E-state index contributed by atoms with van der Waals surface area (Å²) in [6.45, 7) is 9.69. The summed E-state index contributed by atoms with van der Waals surface area (Å²) in [5, 5.41) is 14.4. The number of hydrogen-bond donors (Lipinski definition) is 2. The van der Waals surface area contributed by atoms with Crippen molar-refractivity contribution in [3.05, 3.63) is 40.0 Å². The van der Waals surface area contributed by atoms with E-state index in [1.165, 1.54) is 5.57 Å². The molecular formula is C22H32N6O. The maximum absolute atomic E-state index is 10.3. The Kier molecular flexibility index (Phi) is 5.07. The van der Waals surface area contributed by atoms with Gasteiger partial charge >= 0.3 is 0 Å². The molecule has 0 amide bonds. The minimum atomic E-state index is -0.0951. The Morgan fingerprint density at radius 1 is 1.38 bits per heavy atom. The number of rotatable bonds is 4. The first-order chi connectivity index (χ1) is 13.8. The van der Waals surface area contributed by atoms with Crippen LogP contribution in [0.15, 0.2) is 23.5 Å². The van der Waals surface area contributed by atoms with Crippen molar-refractivity contribution in [1.82, 2.24) is 9.97 Å². The third-order valence-electron chi connectivity index (χ3n) is 8.73. The highest BCUT2D eigenvalue weighted by Gasteiger charge is 2.56. The number of aliphatic hydroxyl groups excluding tert-OH is 1. The summed E-state index contributed by atoms with van der Waals surface area (Å²) in [7, 11) is 0. The second kappa shape index (κ2) is 7.29. The molecule has 29 heavy (non-hydrogen) atoms. The van der Waals surface area contributed by atoms with E-state index in [0.29, 0.717) is 36.7 Å². The van der Waals surface area contributed by atoms with Crippen LogP contribution in [0.5, 0.6) is 0 Å². The van der Waals surface area contributed by atoms with Crippen molar-refractivity contribution in [2.24, 2.45) is 39.6 Å². The Labute approximate surface area is 172 Å². The average Bonchev–Trinajstić information content (AvgIpc) is 3.00. The van der Waals surface area contributed by atoms with Crippen LogP contribution in [0.4, 0.5) is 5.95 Å². The quantitative estimate of drug-likeness (QED) is 0.345. The number of nitrogens with two attached hydrogens (primary N) is 1. The molecule has 1 aromatic heterocycles. The molecule has 4 rings (SSSR count). The van der Waals surface area contributed by atoms with Gasteiger partial charge in [-0.1, -0.05) is 31.1 Å². The first kappa shape index (κ1) is 20.2. The highest BCUT2D eigenvalue weighted by Crippen LogP contribution is 2.63. The van der Waals surface area contributed by atoms with E-state index in [-0.39, 0.29) is 23.4 Å². The summed E-state index contributed by atoms with van der Waals surface area (Å²) in [6.07, 6.45) is 7.77. The van der Waals surface area contributed by atoms with E-state index in [1.54, 1.807) is 0 Å². The molecule has 3 aliphatic carbocycles. The Morgan fingerprint density at radius 2 is 2.17 bits per heavy atom. The van der Waals surface area contributed by atoms with Crippen molar-refractivity contribution in [3.63, 3.8) is 0 Å². The lowest BCUT2D eigenvalue weighted by Crippen LogP contribution is -2.52. The van der Waals surface area contributed by atoms with Gasteiger partial charge in [-0.3, -0.25) is 0 Å². The lowest BCUT2D eigenvalue weighted by atomic mass is 9.49. The van der Waals surface area contributed by atoms with E-state index < -0.39 is 0 Å². The molecule has 1 aromatic rings. The van der Waals surface area contributed by atoms with Crippen molar-refractivity contribution in [2.45, 2.75) is 52.4 Å². The fourth-order valence-corrected chi connectivity index (χ4v) is 6.91. The molecule has 0 aromatic carbocycles. The summed E-state index contributed by atoms with van der Waals surface area (Å²) < 4.78 is 0. The number of nitrogen functional groups attached to an aromatic ring is 1. The number of hydrogen-bond acceptors (Lipinski definition) is 5. The second-order valence-corrected chi connectivity index (χ2v) is 9.86. The molecule has 2 fully saturated rings. The van der Waals surface area contributed by atoms with E-state index in [4.69, 9.17) is 11.3 Å². The van der Waals surface area contributed by atoms with Gasteiger partial charge in [-0.25, -0.2) is 9.97 Å². The van der Waals surface area contributed by atoms with Gasteiger partial charge in [0.15, 0.2) is 0 Å². The summed E-state index contributed by atoms with van der Waals surface area (Å²) in [5.74, 6) is 1.57. The van der Waals surface area contributed by atoms with Crippen LogP contribution >= 0.6 is 0 Å². The summed E-state index contributed by atoms with van der Waals surface area (Å²) in [6, 6.07) is 0. The van der Waals surface area contributed by atoms with E-state index >= 15 is 0 Å². The van der Waals surface area contributed by atoms with Crippen LogP contribution < -0.4 is 5.73 Å². The molecule has 3 N–H and O–H groups in total. The molecule has 1 heterocycles. The molecule has 2 saturated carbocycles. The van der Waals surface area contributed by atoms with Crippen LogP contribution in [0, 0.1) is 34.5 Å². The van der Waals surface area contributed by atoms with Crippen LogP contribution in [0.2, 0.25) is 0 Å². The largest absolute Gasteiger partial charge is 0.396 e. The summed E-state index contributed by atoms with van der Waals surface area (Å²) >= 11 is 0. The van der Waals surface area contributed by atoms with Crippen LogP contribution in [-0.2, 0) is 12.8 Å². The van der Waals surface area contributed by atoms with Gasteiger partial charge in [-0.05, 0) is 84.1 Å². The molecule has 0 spiro atoms. The average molecular weight is 397 g/mol. The number of fused-ring (bicyclic) bond motifs is 2. The number of azide groups is 1. The van der Waals surface area contributed by atoms with Gasteiger partial charge in [0.05, 0.1) is 0 Å². The Bertz CT molecular complexity index is 865. The van der Waals surface area contributed by atoms with Crippen molar-refractivity contribution >= 4 is 5.95 Å². The molecule has 0 unspecified atom stereocenters. The maximum Gasteiger partial charge on any atom is 0.220 e. The minimum absolute atomic E-state index is 0.0951. The summed E-state index contributed by atoms with van der Waals surface area (Å²) in [5.41, 5.74) is 18.3. The topological polar surface area (TPSA) is 121 Å². The third kappa shape index (κ3) is 3.11. The smallest absolute Gasteiger partial charge is 0.220 e. The molecule has 0 radical (unpaired) electrons. The molecule has 0 aliphatic heterocycles. The van der Waals surface area contributed by atoms with E-state index in [0.717, 1.165) is 43.4 Å². The molecule has 3 aliphatic rings. The zero-order valence-electron chi connectivity index (χ0n) is 17.5. The number of aliphatic hydroxyl groups is 1. The monoisotopic (exact) mass is 396 g/mol.